The van der Waals surface area contributed by atoms with Crippen molar-refractivity contribution in [3.05, 3.63) is 0 Å². The Kier molecular flexibility index (Phi) is 12.4. The molecule has 112 valence electrons. The Morgan fingerprint density at radius 3 is 1.61 bits per heavy atom. The van der Waals surface area contributed by atoms with Gasteiger partial charge >= 0.3 is 0 Å². The molecule has 7 nitrogen and oxygen atoms in total. The van der Waals surface area contributed by atoms with Gasteiger partial charge in [0, 0.05) is 38.1 Å². The van der Waals surface area contributed by atoms with E-state index in [4.69, 9.17) is 15.8 Å². The zero-order chi connectivity index (χ0) is 14.7. The number of hydrogen-bond donors (Lipinski definition) is 1. The molecule has 10 heteroatoms. The largest absolute Gasteiger partial charge is 0.385 e. The lowest BCUT2D eigenvalue weighted by Crippen LogP contribution is -2.17. The predicted molar refractivity (Wildman–Crippen MR) is 70.6 cm³/mol. The van der Waals surface area contributed by atoms with E-state index < -0.39 is 19.1 Å². The van der Waals surface area contributed by atoms with Gasteiger partial charge in [-0.25, -0.2) is 22.0 Å². The Bertz CT molecular complexity index is 342. The van der Waals surface area contributed by atoms with Gasteiger partial charge in [0.2, 0.25) is 19.1 Å². The molecule has 0 amide bonds. The molecule has 0 bridgehead atoms. The first-order valence-electron chi connectivity index (χ1n) is 5.03. The third kappa shape index (κ3) is 25.1. The molecule has 0 saturated carbocycles. The second-order valence-electron chi connectivity index (χ2n) is 3.30. The molecular formula is C8H20ClNO6S2. The average Bonchev–Trinajstić information content (AvgIpc) is 2.16. The molecule has 0 aromatic rings. The summed E-state index contributed by atoms with van der Waals surface area (Å²) in [7, 11) is 1.34. The quantitative estimate of drug-likeness (QED) is 0.492. The Balaban J connectivity index is 0. The van der Waals surface area contributed by atoms with Gasteiger partial charge in [0.25, 0.3) is 0 Å². The molecule has 0 radical (unpaired) electrons. The van der Waals surface area contributed by atoms with Gasteiger partial charge in [-0.3, -0.25) is 0 Å². The van der Waals surface area contributed by atoms with Gasteiger partial charge in [-0.15, -0.1) is 0 Å². The van der Waals surface area contributed by atoms with Crippen molar-refractivity contribution < 1.29 is 26.3 Å². The van der Waals surface area contributed by atoms with Crippen molar-refractivity contribution in [2.24, 2.45) is 5.14 Å². The molecule has 0 saturated heterocycles. The fourth-order valence-electron chi connectivity index (χ4n) is 0.780. The van der Waals surface area contributed by atoms with E-state index in [0.29, 0.717) is 26.1 Å². The normalized spacial score (nSPS) is 11.8. The van der Waals surface area contributed by atoms with Gasteiger partial charge in [-0.1, -0.05) is 0 Å². The number of nitrogens with two attached hydrogens (primary N) is 1. The molecule has 0 aliphatic carbocycles. The van der Waals surface area contributed by atoms with Gasteiger partial charge < -0.3 is 9.47 Å². The van der Waals surface area contributed by atoms with E-state index in [1.807, 2.05) is 0 Å². The van der Waals surface area contributed by atoms with Crippen LogP contribution in [0.15, 0.2) is 0 Å². The summed E-state index contributed by atoms with van der Waals surface area (Å²) in [5, 5.41) is 4.69. The molecule has 0 atom stereocenters. The maximum atomic E-state index is 10.2. The summed E-state index contributed by atoms with van der Waals surface area (Å²) in [6.45, 7) is 0.877. The summed E-state index contributed by atoms with van der Waals surface area (Å²) in [5.74, 6) is -0.0107. The number of halogens is 1. The van der Waals surface area contributed by atoms with Gasteiger partial charge in [0.1, 0.15) is 0 Å². The molecule has 0 aliphatic rings. The first-order chi connectivity index (χ1) is 8.12. The number of sulfonamides is 1. The SMILES string of the molecule is COCCCS(=O)(=O)Cl.COCCCS(N)(=O)=O. The summed E-state index contributed by atoms with van der Waals surface area (Å²) < 4.78 is 50.1. The van der Waals surface area contributed by atoms with Crippen LogP contribution in [0.3, 0.4) is 0 Å². The van der Waals surface area contributed by atoms with Gasteiger partial charge in [0.05, 0.1) is 11.5 Å². The van der Waals surface area contributed by atoms with E-state index >= 15 is 0 Å². The van der Waals surface area contributed by atoms with Gasteiger partial charge in [-0.2, -0.15) is 0 Å². The molecule has 0 fully saturated rings. The minimum Gasteiger partial charge on any atom is -0.385 e. The molecule has 0 spiro atoms. The number of ether oxygens (including phenoxy) is 2. The lowest BCUT2D eigenvalue weighted by atomic mass is 10.5. The summed E-state index contributed by atoms with van der Waals surface area (Å²) in [4.78, 5) is 0. The molecule has 0 unspecified atom stereocenters. The van der Waals surface area contributed by atoms with Crippen LogP contribution in [0, 0.1) is 0 Å². The number of rotatable bonds is 8. The van der Waals surface area contributed by atoms with Crippen molar-refractivity contribution in [1.82, 2.24) is 0 Å². The average molecular weight is 326 g/mol. The monoisotopic (exact) mass is 325 g/mol. The van der Waals surface area contributed by atoms with Crippen LogP contribution in [-0.2, 0) is 28.5 Å². The van der Waals surface area contributed by atoms with Gasteiger partial charge in [-0.05, 0) is 12.8 Å². The van der Waals surface area contributed by atoms with Crippen molar-refractivity contribution in [3.8, 4) is 0 Å². The molecule has 0 heterocycles. The van der Waals surface area contributed by atoms with Crippen molar-refractivity contribution in [1.29, 1.82) is 0 Å². The van der Waals surface area contributed by atoms with Crippen LogP contribution in [0.25, 0.3) is 0 Å². The highest BCUT2D eigenvalue weighted by Crippen LogP contribution is 1.97. The van der Waals surface area contributed by atoms with Gasteiger partial charge in [0.15, 0.2) is 0 Å². The Hall–Kier alpha value is 0.0700. The minimum absolute atomic E-state index is 0.000833. The molecule has 18 heavy (non-hydrogen) atoms. The van der Waals surface area contributed by atoms with E-state index in [9.17, 15) is 16.8 Å². The highest BCUT2D eigenvalue weighted by molar-refractivity contribution is 8.13. The zero-order valence-corrected chi connectivity index (χ0v) is 12.9. The van der Waals surface area contributed by atoms with Crippen molar-refractivity contribution in [2.75, 3.05) is 38.9 Å². The standard InChI is InChI=1S/C4H9ClO3S.C4H11NO3S/c2*1-8-3-2-4-9(5,6)7/h2-4H2,1H3;2-4H2,1H3,(H2,5,6,7). The molecule has 0 aliphatic heterocycles. The number of methoxy groups -OCH3 is 2. The van der Waals surface area contributed by atoms with E-state index in [2.05, 4.69) is 9.47 Å². The molecule has 0 aromatic heterocycles. The van der Waals surface area contributed by atoms with Crippen LogP contribution in [-0.4, -0.2) is 55.8 Å². The third-order valence-corrected chi connectivity index (χ3v) is 3.61. The first-order valence-corrected chi connectivity index (χ1v) is 9.22. The smallest absolute Gasteiger partial charge is 0.232 e. The van der Waals surface area contributed by atoms with Crippen LogP contribution < -0.4 is 5.14 Å². The third-order valence-electron chi connectivity index (χ3n) is 1.51. The topological polar surface area (TPSA) is 113 Å². The summed E-state index contributed by atoms with van der Waals surface area (Å²) in [6.07, 6.45) is 0.928. The second-order valence-corrected chi connectivity index (χ2v) is 7.93. The molecule has 0 rings (SSSR count). The lowest BCUT2D eigenvalue weighted by Gasteiger charge is -1.95. The van der Waals surface area contributed by atoms with Crippen LogP contribution >= 0.6 is 10.7 Å². The molecule has 2 N–H and O–H groups in total. The predicted octanol–water partition coefficient (Wildman–Crippen LogP) is -0.0971. The van der Waals surface area contributed by atoms with Crippen LogP contribution in [0.1, 0.15) is 12.8 Å². The van der Waals surface area contributed by atoms with Crippen LogP contribution in [0.5, 0.6) is 0 Å². The van der Waals surface area contributed by atoms with Crippen LogP contribution in [0.4, 0.5) is 0 Å². The van der Waals surface area contributed by atoms with E-state index in [1.165, 1.54) is 14.2 Å². The van der Waals surface area contributed by atoms with Crippen LogP contribution in [0.2, 0.25) is 0 Å². The fraction of sp³-hybridized carbons (Fsp3) is 1.00. The highest BCUT2D eigenvalue weighted by atomic mass is 35.7. The Morgan fingerprint density at radius 1 is 0.944 bits per heavy atom. The lowest BCUT2D eigenvalue weighted by molar-refractivity contribution is 0.199. The number of primary sulfonamides is 1. The highest BCUT2D eigenvalue weighted by Gasteiger charge is 2.02. The summed E-state index contributed by atoms with van der Waals surface area (Å²) in [5.41, 5.74) is 0. The molecular weight excluding hydrogens is 306 g/mol. The number of hydrogen-bond acceptors (Lipinski definition) is 6. The van der Waals surface area contributed by atoms with Crippen molar-refractivity contribution in [2.45, 2.75) is 12.8 Å². The second kappa shape index (κ2) is 10.9. The zero-order valence-electron chi connectivity index (χ0n) is 10.5. The Labute approximate surface area is 113 Å². The Morgan fingerprint density at radius 2 is 1.33 bits per heavy atom. The van der Waals surface area contributed by atoms with E-state index in [-0.39, 0.29) is 11.5 Å². The molecule has 0 aromatic carbocycles. The van der Waals surface area contributed by atoms with Crippen molar-refractivity contribution >= 4 is 29.8 Å². The maximum absolute atomic E-state index is 10.2. The minimum atomic E-state index is -3.30. The summed E-state index contributed by atoms with van der Waals surface area (Å²) >= 11 is 0. The first kappa shape index (κ1) is 20.4. The van der Waals surface area contributed by atoms with E-state index in [0.717, 1.165) is 0 Å². The fourth-order valence-corrected chi connectivity index (χ4v) is 2.09. The van der Waals surface area contributed by atoms with E-state index in [1.54, 1.807) is 0 Å². The summed E-state index contributed by atoms with van der Waals surface area (Å²) in [6, 6.07) is 0. The maximum Gasteiger partial charge on any atom is 0.232 e. The van der Waals surface area contributed by atoms with Crippen molar-refractivity contribution in [3.63, 3.8) is 0 Å².